The van der Waals surface area contributed by atoms with E-state index >= 15 is 0 Å². The van der Waals surface area contributed by atoms with Crippen LogP contribution in [0.3, 0.4) is 0 Å². The van der Waals surface area contributed by atoms with Crippen molar-refractivity contribution in [1.82, 2.24) is 4.90 Å². The highest BCUT2D eigenvalue weighted by molar-refractivity contribution is 5.86. The number of aliphatic carboxylic acids is 1. The molecule has 0 saturated carbocycles. The number of phenolic OH excluding ortho intramolecular Hbond substituents is 1. The van der Waals surface area contributed by atoms with E-state index in [1.807, 2.05) is 13.1 Å². The van der Waals surface area contributed by atoms with Crippen LogP contribution in [0.5, 0.6) is 11.5 Å². The van der Waals surface area contributed by atoms with Crippen LogP contribution in [-0.4, -0.2) is 88.1 Å². The van der Waals surface area contributed by atoms with Gasteiger partial charge >= 0.3 is 23.9 Å². The Balaban J connectivity index is 1.45. The molecule has 2 aliphatic heterocycles. The maximum Gasteiger partial charge on any atom is 0.353 e. The molecule has 5 atom stereocenters. The lowest BCUT2D eigenvalue weighted by molar-refractivity contribution is -0.178. The van der Waals surface area contributed by atoms with Crippen LogP contribution in [0.4, 0.5) is 0 Å². The SMILES string of the molecule is CCOC(=O)C[C@H](OC(=O)CCC(=O)O)C(=O)OC1=CC[C@@]2(O)[C@@H]3Cc4ccc(O)c5c4[C@@]2(CCN3C)[C@H]1O5. The molecule has 3 N–H and O–H groups in total. The zero-order valence-corrected chi connectivity index (χ0v) is 21.7. The number of likely N-dealkylation sites (tertiary alicyclic amines) is 1. The fourth-order valence-corrected chi connectivity index (χ4v) is 6.59. The van der Waals surface area contributed by atoms with Crippen LogP contribution >= 0.6 is 0 Å². The average molecular weight is 546 g/mol. The number of carbonyl (C=O) groups excluding carboxylic acids is 3. The first-order valence-corrected chi connectivity index (χ1v) is 12.9. The van der Waals surface area contributed by atoms with Gasteiger partial charge in [0.15, 0.2) is 17.6 Å². The zero-order chi connectivity index (χ0) is 28.1. The third kappa shape index (κ3) is 4.22. The molecular formula is C27H31NO11. The summed E-state index contributed by atoms with van der Waals surface area (Å²) in [6.45, 7) is 2.25. The zero-order valence-electron chi connectivity index (χ0n) is 21.7. The average Bonchev–Trinajstić information content (AvgIpc) is 3.24. The predicted molar refractivity (Wildman–Crippen MR) is 131 cm³/mol. The number of likely N-dealkylation sites (N-methyl/N-ethyl adjacent to an activating group) is 1. The number of nitrogens with zero attached hydrogens (tertiary/aromatic N) is 1. The van der Waals surface area contributed by atoms with Crippen LogP contribution < -0.4 is 4.74 Å². The molecule has 39 heavy (non-hydrogen) atoms. The lowest BCUT2D eigenvalue weighted by Crippen LogP contribution is -2.74. The van der Waals surface area contributed by atoms with E-state index in [0.29, 0.717) is 24.9 Å². The van der Waals surface area contributed by atoms with Crippen molar-refractivity contribution < 1.29 is 53.4 Å². The highest BCUT2D eigenvalue weighted by atomic mass is 16.6. The molecule has 12 nitrogen and oxygen atoms in total. The minimum atomic E-state index is -1.69. The van der Waals surface area contributed by atoms with E-state index in [9.17, 15) is 29.4 Å². The summed E-state index contributed by atoms with van der Waals surface area (Å²) < 4.78 is 22.0. The summed E-state index contributed by atoms with van der Waals surface area (Å²) in [5.41, 5.74) is -0.610. The van der Waals surface area contributed by atoms with E-state index in [4.69, 9.17) is 24.1 Å². The van der Waals surface area contributed by atoms with Crippen LogP contribution in [0.1, 0.15) is 50.2 Å². The summed E-state index contributed by atoms with van der Waals surface area (Å²) >= 11 is 0. The number of esters is 3. The number of benzene rings is 1. The van der Waals surface area contributed by atoms with Gasteiger partial charge in [-0.15, -0.1) is 0 Å². The number of piperidine rings is 1. The second-order valence-corrected chi connectivity index (χ2v) is 10.4. The number of carbonyl (C=O) groups is 4. The number of aliphatic hydroxyl groups is 1. The van der Waals surface area contributed by atoms with E-state index in [-0.39, 0.29) is 36.3 Å². The smallest absolute Gasteiger partial charge is 0.353 e. The monoisotopic (exact) mass is 545 g/mol. The van der Waals surface area contributed by atoms with Gasteiger partial charge < -0.3 is 39.2 Å². The Kier molecular flexibility index (Phi) is 6.79. The van der Waals surface area contributed by atoms with Crippen LogP contribution in [0, 0.1) is 0 Å². The van der Waals surface area contributed by atoms with Crippen molar-refractivity contribution in [1.29, 1.82) is 0 Å². The van der Waals surface area contributed by atoms with Gasteiger partial charge in [-0.05, 0) is 51.1 Å². The van der Waals surface area contributed by atoms with Crippen molar-refractivity contribution in [2.75, 3.05) is 20.2 Å². The van der Waals surface area contributed by atoms with Crippen molar-refractivity contribution >= 4 is 23.9 Å². The summed E-state index contributed by atoms with van der Waals surface area (Å²) in [7, 11) is 1.95. The lowest BCUT2D eigenvalue weighted by Gasteiger charge is -2.61. The number of carboxylic acid groups (broad SMARTS) is 1. The Bertz CT molecular complexity index is 1260. The number of aromatic hydroxyl groups is 1. The van der Waals surface area contributed by atoms with Crippen LogP contribution in [0.15, 0.2) is 24.0 Å². The Morgan fingerprint density at radius 2 is 1.97 bits per heavy atom. The third-order valence-corrected chi connectivity index (χ3v) is 8.31. The summed E-state index contributed by atoms with van der Waals surface area (Å²) in [6.07, 6.45) is -1.55. The van der Waals surface area contributed by atoms with Crippen LogP contribution in [-0.2, 0) is 45.2 Å². The van der Waals surface area contributed by atoms with Gasteiger partial charge in [-0.1, -0.05) is 6.07 Å². The third-order valence-electron chi connectivity index (χ3n) is 8.31. The van der Waals surface area contributed by atoms with Gasteiger partial charge in [-0.25, -0.2) is 4.79 Å². The van der Waals surface area contributed by atoms with Crippen molar-refractivity contribution in [2.45, 2.75) is 74.7 Å². The number of phenols is 1. The van der Waals surface area contributed by atoms with E-state index < -0.39 is 66.4 Å². The minimum Gasteiger partial charge on any atom is -0.504 e. The molecule has 210 valence electrons. The topological polar surface area (TPSA) is 169 Å². The van der Waals surface area contributed by atoms with Gasteiger partial charge in [0.25, 0.3) is 0 Å². The maximum atomic E-state index is 13.3. The molecule has 0 aromatic heterocycles. The molecule has 1 fully saturated rings. The highest BCUT2D eigenvalue weighted by Crippen LogP contribution is 2.65. The molecule has 12 heteroatoms. The number of rotatable bonds is 9. The second kappa shape index (κ2) is 9.83. The number of hydrogen-bond acceptors (Lipinski definition) is 11. The molecule has 0 amide bonds. The van der Waals surface area contributed by atoms with E-state index in [2.05, 4.69) is 4.90 Å². The molecule has 0 unspecified atom stereocenters. The van der Waals surface area contributed by atoms with Gasteiger partial charge in [0.2, 0.25) is 6.10 Å². The summed E-state index contributed by atoms with van der Waals surface area (Å²) in [5.74, 6) is -3.85. The molecule has 2 bridgehead atoms. The normalized spacial score (nSPS) is 28.8. The summed E-state index contributed by atoms with van der Waals surface area (Å²) in [5, 5.41) is 31.6. The van der Waals surface area contributed by atoms with Gasteiger partial charge in [-0.3, -0.25) is 14.4 Å². The maximum absolute atomic E-state index is 13.3. The molecule has 1 aromatic rings. The number of carboxylic acids is 1. The number of hydrogen-bond donors (Lipinski definition) is 3. The quantitative estimate of drug-likeness (QED) is 0.297. The van der Waals surface area contributed by atoms with Crippen molar-refractivity contribution in [3.63, 3.8) is 0 Å². The Labute approximate surface area is 224 Å². The first-order chi connectivity index (χ1) is 18.5. The molecule has 2 aliphatic carbocycles. The van der Waals surface area contributed by atoms with Gasteiger partial charge in [0.05, 0.1) is 36.9 Å². The van der Waals surface area contributed by atoms with Gasteiger partial charge in [-0.2, -0.15) is 0 Å². The molecule has 4 aliphatic rings. The minimum absolute atomic E-state index is 0.0371. The Hall–Kier alpha value is -3.64. The summed E-state index contributed by atoms with van der Waals surface area (Å²) in [6, 6.07) is 3.13. The Morgan fingerprint density at radius 3 is 2.69 bits per heavy atom. The van der Waals surface area contributed by atoms with Gasteiger partial charge in [0.1, 0.15) is 5.76 Å². The largest absolute Gasteiger partial charge is 0.504 e. The number of ether oxygens (including phenoxy) is 4. The van der Waals surface area contributed by atoms with Gasteiger partial charge in [0, 0.05) is 18.0 Å². The fourth-order valence-electron chi connectivity index (χ4n) is 6.59. The first-order valence-electron chi connectivity index (χ1n) is 12.9. The highest BCUT2D eigenvalue weighted by Gasteiger charge is 2.72. The standard InChI is InChI=1S/C27H31NO11/c1-3-36-21(33)13-17(37-20(32)7-6-19(30)31)25(34)38-16-8-9-27(35)18-12-14-4-5-15(29)23-22(14)26(27,24(16)39-23)10-11-28(18)2/h4-5,8,17-18,24,29,35H,3,6-7,9-13H2,1-2H3,(H,30,31)/t17-,18-,24-,26-,27+/m0/s1. The van der Waals surface area contributed by atoms with E-state index in [0.717, 1.165) is 5.56 Å². The molecule has 1 spiro atoms. The molecular weight excluding hydrogens is 514 g/mol. The Morgan fingerprint density at radius 1 is 1.21 bits per heavy atom. The molecule has 5 rings (SSSR count). The van der Waals surface area contributed by atoms with E-state index in [1.54, 1.807) is 19.1 Å². The molecule has 1 aromatic carbocycles. The van der Waals surface area contributed by atoms with Crippen molar-refractivity contribution in [3.05, 3.63) is 35.1 Å². The summed E-state index contributed by atoms with van der Waals surface area (Å²) in [4.78, 5) is 50.6. The van der Waals surface area contributed by atoms with Crippen molar-refractivity contribution in [3.8, 4) is 11.5 Å². The van der Waals surface area contributed by atoms with E-state index in [1.165, 1.54) is 0 Å². The lowest BCUT2D eigenvalue weighted by atomic mass is 9.50. The molecule has 1 saturated heterocycles. The van der Waals surface area contributed by atoms with Crippen LogP contribution in [0.2, 0.25) is 0 Å². The molecule has 0 radical (unpaired) electrons. The second-order valence-electron chi connectivity index (χ2n) is 10.4. The first kappa shape index (κ1) is 26.9. The van der Waals surface area contributed by atoms with Crippen LogP contribution in [0.25, 0.3) is 0 Å². The predicted octanol–water partition coefficient (Wildman–Crippen LogP) is 0.943. The fraction of sp³-hybridized carbons (Fsp3) is 0.556. The van der Waals surface area contributed by atoms with Crippen molar-refractivity contribution in [2.24, 2.45) is 0 Å². The molecule has 2 heterocycles.